The smallest absolute Gasteiger partial charge is 0.329 e. The largest absolute Gasteiger partial charge is 0.464 e. The summed E-state index contributed by atoms with van der Waals surface area (Å²) >= 11 is 0. The van der Waals surface area contributed by atoms with E-state index in [1.165, 1.54) is 10.6 Å². The van der Waals surface area contributed by atoms with Gasteiger partial charge in [-0.1, -0.05) is 55.7 Å². The van der Waals surface area contributed by atoms with Crippen LogP contribution in [0.5, 0.6) is 0 Å². The Labute approximate surface area is 187 Å². The Morgan fingerprint density at radius 3 is 2.38 bits per heavy atom. The van der Waals surface area contributed by atoms with Crippen LogP contribution < -0.4 is 11.3 Å². The number of nitrogens with two attached hydrogens (primary N) is 1. The van der Waals surface area contributed by atoms with Crippen LogP contribution >= 0.6 is 0 Å². The first-order valence-corrected chi connectivity index (χ1v) is 10.6. The minimum absolute atomic E-state index is 0.0856. The van der Waals surface area contributed by atoms with Crippen LogP contribution in [-0.2, 0) is 9.53 Å². The lowest BCUT2D eigenvalue weighted by atomic mass is 9.87. The van der Waals surface area contributed by atoms with E-state index >= 15 is 0 Å². The summed E-state index contributed by atoms with van der Waals surface area (Å²) in [4.78, 5) is 26.5. The van der Waals surface area contributed by atoms with Gasteiger partial charge >= 0.3 is 12.0 Å². The molecule has 1 atom stereocenters. The third-order valence-electron chi connectivity index (χ3n) is 5.18. The molecule has 0 bridgehead atoms. The van der Waals surface area contributed by atoms with E-state index in [1.54, 1.807) is 6.92 Å². The van der Waals surface area contributed by atoms with Gasteiger partial charge in [-0.3, -0.25) is 9.36 Å². The summed E-state index contributed by atoms with van der Waals surface area (Å²) in [6, 6.07) is 8.32. The Kier molecular flexibility index (Phi) is 6.52. The zero-order valence-electron chi connectivity index (χ0n) is 19.4. The lowest BCUT2D eigenvalue weighted by Crippen LogP contribution is -2.35. The molecule has 1 unspecified atom stereocenters. The van der Waals surface area contributed by atoms with Crippen LogP contribution in [0.2, 0.25) is 0 Å². The Morgan fingerprint density at radius 2 is 1.84 bits per heavy atom. The summed E-state index contributed by atoms with van der Waals surface area (Å²) in [5, 5.41) is 7.67. The van der Waals surface area contributed by atoms with Crippen molar-refractivity contribution in [3.05, 3.63) is 51.8 Å². The van der Waals surface area contributed by atoms with E-state index in [-0.39, 0.29) is 29.5 Å². The lowest BCUT2D eigenvalue weighted by Gasteiger charge is -2.29. The molecular formula is C24H30N4O4. The fourth-order valence-electron chi connectivity index (χ4n) is 3.76. The van der Waals surface area contributed by atoms with E-state index < -0.39 is 12.0 Å². The number of pyridine rings is 1. The molecular weight excluding hydrogens is 408 g/mol. The molecule has 2 heterocycles. The number of aromatic nitrogens is 3. The van der Waals surface area contributed by atoms with Crippen LogP contribution in [0.15, 0.2) is 39.5 Å². The highest BCUT2D eigenvalue weighted by Crippen LogP contribution is 2.35. The predicted octanol–water partition coefficient (Wildman–Crippen LogP) is 4.30. The van der Waals surface area contributed by atoms with Gasteiger partial charge in [-0.05, 0) is 43.7 Å². The van der Waals surface area contributed by atoms with E-state index in [0.717, 1.165) is 16.7 Å². The molecule has 0 radical (unpaired) electrons. The normalized spacial score (nSPS) is 12.6. The molecule has 1 aromatic carbocycles. The number of nitrogen functional groups attached to an aromatic ring is 1. The van der Waals surface area contributed by atoms with Crippen molar-refractivity contribution in [2.45, 2.75) is 54.0 Å². The molecule has 2 aromatic heterocycles. The van der Waals surface area contributed by atoms with Crippen molar-refractivity contribution in [1.82, 2.24) is 14.8 Å². The van der Waals surface area contributed by atoms with E-state index in [1.807, 2.05) is 58.9 Å². The molecule has 0 fully saturated rings. The van der Waals surface area contributed by atoms with Crippen LogP contribution in [0.25, 0.3) is 22.7 Å². The van der Waals surface area contributed by atoms with E-state index in [2.05, 4.69) is 10.2 Å². The molecule has 0 spiro atoms. The summed E-state index contributed by atoms with van der Waals surface area (Å²) in [5.74, 6) is -0.284. The maximum absolute atomic E-state index is 13.5. The van der Waals surface area contributed by atoms with Gasteiger partial charge in [-0.25, -0.2) is 4.79 Å². The fourth-order valence-corrected chi connectivity index (χ4v) is 3.76. The number of ether oxygens (including phenoxy) is 1. The maximum Gasteiger partial charge on any atom is 0.329 e. The van der Waals surface area contributed by atoms with E-state index in [4.69, 9.17) is 14.9 Å². The van der Waals surface area contributed by atoms with Crippen molar-refractivity contribution in [3.8, 4) is 22.7 Å². The summed E-state index contributed by atoms with van der Waals surface area (Å²) < 4.78 is 12.3. The van der Waals surface area contributed by atoms with Crippen molar-refractivity contribution in [1.29, 1.82) is 0 Å². The zero-order valence-corrected chi connectivity index (χ0v) is 19.4. The average molecular weight is 439 g/mol. The summed E-state index contributed by atoms with van der Waals surface area (Å²) in [7, 11) is 0. The summed E-state index contributed by atoms with van der Waals surface area (Å²) in [6.07, 6.45) is 0.427. The van der Waals surface area contributed by atoms with Crippen molar-refractivity contribution in [2.75, 3.05) is 12.3 Å². The molecule has 0 amide bonds. The number of rotatable bonds is 6. The van der Waals surface area contributed by atoms with Crippen molar-refractivity contribution in [3.63, 3.8) is 0 Å². The fraction of sp³-hybridized carbons (Fsp3) is 0.417. The van der Waals surface area contributed by atoms with Crippen molar-refractivity contribution >= 4 is 12.0 Å². The highest BCUT2D eigenvalue weighted by molar-refractivity contribution is 5.78. The van der Waals surface area contributed by atoms with Gasteiger partial charge in [0.15, 0.2) is 0 Å². The van der Waals surface area contributed by atoms with Crippen molar-refractivity contribution in [2.24, 2.45) is 5.41 Å². The quantitative estimate of drug-likeness (QED) is 0.571. The number of esters is 1. The number of carbonyl (C=O) groups excluding carboxylic acids is 1. The monoisotopic (exact) mass is 438 g/mol. The molecule has 0 aliphatic carbocycles. The maximum atomic E-state index is 13.5. The number of nitrogens with zero attached hydrogens (tertiary/aromatic N) is 3. The molecule has 0 aliphatic rings. The Hall–Kier alpha value is -3.42. The Morgan fingerprint density at radius 1 is 1.19 bits per heavy atom. The second-order valence-corrected chi connectivity index (χ2v) is 9.08. The van der Waals surface area contributed by atoms with Crippen LogP contribution in [0.4, 0.5) is 6.01 Å². The van der Waals surface area contributed by atoms with Crippen LogP contribution in [0, 0.1) is 19.3 Å². The first-order valence-electron chi connectivity index (χ1n) is 10.6. The zero-order chi connectivity index (χ0) is 23.6. The van der Waals surface area contributed by atoms with Crippen LogP contribution in [-0.4, -0.2) is 27.3 Å². The average Bonchev–Trinajstić information content (AvgIpc) is 3.14. The molecule has 8 heteroatoms. The number of benzene rings is 1. The third-order valence-corrected chi connectivity index (χ3v) is 5.18. The van der Waals surface area contributed by atoms with Gasteiger partial charge in [0.1, 0.15) is 6.04 Å². The first-order chi connectivity index (χ1) is 15.0. The summed E-state index contributed by atoms with van der Waals surface area (Å²) in [5.41, 5.74) is 8.70. The van der Waals surface area contributed by atoms with Crippen molar-refractivity contribution < 1.29 is 13.9 Å². The molecule has 0 aliphatic heterocycles. The third kappa shape index (κ3) is 4.90. The SMILES string of the molecule is CCOC(=O)C(CC(C)(C)C)n1c(-c2ccc(C)cc2)c(C)c(-c2nnc(N)o2)cc1=O. The molecule has 8 nitrogen and oxygen atoms in total. The molecule has 0 saturated heterocycles. The number of carbonyl (C=O) groups is 1. The van der Waals surface area contributed by atoms with Gasteiger partial charge in [0, 0.05) is 11.6 Å². The van der Waals surface area contributed by atoms with E-state index in [9.17, 15) is 9.59 Å². The topological polar surface area (TPSA) is 113 Å². The van der Waals surface area contributed by atoms with Gasteiger partial charge in [0.2, 0.25) is 5.89 Å². The number of aryl methyl sites for hydroxylation is 1. The summed E-state index contributed by atoms with van der Waals surface area (Å²) in [6.45, 7) is 11.9. The molecule has 3 aromatic rings. The van der Waals surface area contributed by atoms with E-state index in [0.29, 0.717) is 17.7 Å². The minimum Gasteiger partial charge on any atom is -0.464 e. The Balaban J connectivity index is 2.35. The lowest BCUT2D eigenvalue weighted by molar-refractivity contribution is -0.148. The van der Waals surface area contributed by atoms with Crippen LogP contribution in [0.3, 0.4) is 0 Å². The molecule has 3 rings (SSSR count). The Bertz CT molecular complexity index is 1170. The van der Waals surface area contributed by atoms with Gasteiger partial charge in [-0.15, -0.1) is 5.10 Å². The number of hydrogen-bond donors (Lipinski definition) is 1. The number of hydrogen-bond acceptors (Lipinski definition) is 7. The minimum atomic E-state index is -0.792. The van der Waals surface area contributed by atoms with Gasteiger partial charge < -0.3 is 14.9 Å². The highest BCUT2D eigenvalue weighted by atomic mass is 16.5. The first kappa shape index (κ1) is 23.2. The molecule has 170 valence electrons. The van der Waals surface area contributed by atoms with Crippen LogP contribution in [0.1, 0.15) is 51.3 Å². The number of anilines is 1. The molecule has 32 heavy (non-hydrogen) atoms. The van der Waals surface area contributed by atoms with Gasteiger partial charge in [0.05, 0.1) is 12.3 Å². The van der Waals surface area contributed by atoms with Gasteiger partial charge in [0.25, 0.3) is 5.56 Å². The highest BCUT2D eigenvalue weighted by Gasteiger charge is 2.32. The second kappa shape index (κ2) is 8.98. The molecule has 2 N–H and O–H groups in total. The van der Waals surface area contributed by atoms with Gasteiger partial charge in [-0.2, -0.15) is 0 Å². The standard InChI is InChI=1S/C24H30N4O4/c1-7-31-22(30)18(13-24(4,5)6)28-19(29)12-17(21-26-27-23(25)32-21)15(3)20(28)16-10-8-14(2)9-11-16/h8-12,18H,7,13H2,1-6H3,(H2,25,27). The predicted molar refractivity (Wildman–Crippen MR) is 123 cm³/mol. The molecule has 0 saturated carbocycles. The second-order valence-electron chi connectivity index (χ2n) is 9.08.